The van der Waals surface area contributed by atoms with Gasteiger partial charge in [-0.2, -0.15) is 0 Å². The molecule has 2 N–H and O–H groups in total. The lowest BCUT2D eigenvalue weighted by Gasteiger charge is -2.28. The minimum Gasteiger partial charge on any atom is -0.504 e. The van der Waals surface area contributed by atoms with Gasteiger partial charge in [0.05, 0.1) is 41.1 Å². The largest absolute Gasteiger partial charge is 0.504 e. The minimum atomic E-state index is -1.54. The van der Waals surface area contributed by atoms with Crippen LogP contribution in [0.3, 0.4) is 0 Å². The fraction of sp³-hybridized carbons (Fsp3) is 0.235. The van der Waals surface area contributed by atoms with E-state index in [0.29, 0.717) is 22.3 Å². The maximum atomic E-state index is 13.8. The van der Waals surface area contributed by atoms with E-state index in [1.54, 1.807) is 49.4 Å². The quantitative estimate of drug-likeness (QED) is 0.142. The monoisotopic (exact) mass is 632 g/mol. The predicted molar refractivity (Wildman–Crippen MR) is 169 cm³/mol. The van der Waals surface area contributed by atoms with Crippen molar-refractivity contribution < 1.29 is 47.5 Å². The molecule has 0 amide bonds. The summed E-state index contributed by atoms with van der Waals surface area (Å²) in [5.41, 5.74) is -0.537. The van der Waals surface area contributed by atoms with Crippen LogP contribution in [0.1, 0.15) is 18.6 Å². The number of aliphatic hydroxyl groups excluding tert-OH is 1. The molecule has 2 atom stereocenters. The molecule has 2 heterocycles. The normalized spacial score (nSPS) is 12.4. The van der Waals surface area contributed by atoms with Gasteiger partial charge in [-0.1, -0.05) is 6.58 Å². The lowest BCUT2D eigenvalue weighted by Crippen LogP contribution is -2.27. The second-order valence-electron chi connectivity index (χ2n) is 10.2. The van der Waals surface area contributed by atoms with Gasteiger partial charge in [-0.15, -0.1) is 0 Å². The number of phenolic OH excluding ortho intramolecular Hbond substituents is 1. The van der Waals surface area contributed by atoms with Gasteiger partial charge in [0.25, 0.3) is 0 Å². The Kier molecular flexibility index (Phi) is 8.83. The molecule has 5 rings (SSSR count). The summed E-state index contributed by atoms with van der Waals surface area (Å²) in [4.78, 5) is 25.9. The van der Waals surface area contributed by atoms with Crippen LogP contribution in [0.25, 0.3) is 33.3 Å². The first-order chi connectivity index (χ1) is 22.1. The molecular weight excluding hydrogens is 600 g/mol. The van der Waals surface area contributed by atoms with E-state index >= 15 is 0 Å². The molecule has 0 bridgehead atoms. The molecule has 2 aromatic heterocycles. The Hall–Kier alpha value is -5.62. The average Bonchev–Trinajstić information content (AvgIpc) is 3.05. The van der Waals surface area contributed by atoms with Gasteiger partial charge < -0.3 is 47.5 Å². The maximum Gasteiger partial charge on any atom is 0.336 e. The van der Waals surface area contributed by atoms with Crippen molar-refractivity contribution in [3.05, 3.63) is 86.9 Å². The number of ether oxygens (including phenoxy) is 6. The summed E-state index contributed by atoms with van der Waals surface area (Å²) in [6, 6.07) is 12.8. The van der Waals surface area contributed by atoms with Crippen LogP contribution in [0.2, 0.25) is 0 Å². The zero-order valence-corrected chi connectivity index (χ0v) is 26.0. The predicted octanol–water partition coefficient (Wildman–Crippen LogP) is 5.37. The fourth-order valence-electron chi connectivity index (χ4n) is 5.23. The molecule has 5 aromatic rings. The maximum absolute atomic E-state index is 13.8. The van der Waals surface area contributed by atoms with E-state index in [2.05, 4.69) is 6.58 Å². The van der Waals surface area contributed by atoms with Crippen LogP contribution < -0.4 is 39.5 Å². The molecule has 0 saturated heterocycles. The highest BCUT2D eigenvalue weighted by Crippen LogP contribution is 2.52. The molecule has 0 aliphatic rings. The first-order valence-electron chi connectivity index (χ1n) is 13.9. The van der Waals surface area contributed by atoms with Gasteiger partial charge in [0, 0.05) is 17.0 Å². The topological polar surface area (TPSA) is 156 Å². The summed E-state index contributed by atoms with van der Waals surface area (Å²) in [7, 11) is 6.79. The van der Waals surface area contributed by atoms with E-state index < -0.39 is 29.0 Å². The minimum absolute atomic E-state index is 0.0449. The second kappa shape index (κ2) is 12.8. The van der Waals surface area contributed by atoms with Gasteiger partial charge in [0.2, 0.25) is 28.4 Å². The molecule has 12 heteroatoms. The Morgan fingerprint density at radius 2 is 1.41 bits per heavy atom. The Balaban J connectivity index is 1.76. The molecule has 46 heavy (non-hydrogen) atoms. The van der Waals surface area contributed by atoms with Gasteiger partial charge in [0.1, 0.15) is 34.7 Å². The highest BCUT2D eigenvalue weighted by atomic mass is 16.6. The molecule has 12 nitrogen and oxygen atoms in total. The van der Waals surface area contributed by atoms with Gasteiger partial charge >= 0.3 is 5.63 Å². The molecule has 0 spiro atoms. The number of benzene rings is 3. The van der Waals surface area contributed by atoms with E-state index in [1.807, 2.05) is 0 Å². The van der Waals surface area contributed by atoms with Crippen molar-refractivity contribution in [2.24, 2.45) is 0 Å². The van der Waals surface area contributed by atoms with Crippen molar-refractivity contribution in [1.82, 2.24) is 0 Å². The lowest BCUT2D eigenvalue weighted by atomic mass is 9.96. The van der Waals surface area contributed by atoms with Crippen LogP contribution in [0.5, 0.6) is 40.2 Å². The number of fused-ring (bicyclic) bond motifs is 2. The molecule has 0 saturated carbocycles. The third-order valence-electron chi connectivity index (χ3n) is 7.43. The van der Waals surface area contributed by atoms with Crippen LogP contribution in [0.4, 0.5) is 0 Å². The number of aliphatic hydroxyl groups is 1. The Bertz CT molecular complexity index is 2060. The van der Waals surface area contributed by atoms with Gasteiger partial charge in [-0.3, -0.25) is 4.79 Å². The third kappa shape index (κ3) is 5.32. The third-order valence-corrected chi connectivity index (χ3v) is 7.43. The number of methoxy groups -OCH3 is 5. The van der Waals surface area contributed by atoms with Crippen LogP contribution >= 0.6 is 0 Å². The SMILES string of the molecule is C=C(C)[C@@H](Oc1c(OC)c(O)c2c(=O)c(OC)c(-c3ccc(OC)cc3)oc2c1OC)[C@@H](O)c1c(OC)ccc2ccc(=O)oc12. The van der Waals surface area contributed by atoms with E-state index in [4.69, 9.17) is 37.3 Å². The highest BCUT2D eigenvalue weighted by molar-refractivity contribution is 5.96. The summed E-state index contributed by atoms with van der Waals surface area (Å²) >= 11 is 0. The van der Waals surface area contributed by atoms with Gasteiger partial charge in [-0.05, 0) is 55.0 Å². The standard InChI is InChI=1S/C34H32O12/c1-16(2)27(24(36)22-20(40-4)14-10-17-11-15-21(35)44-28(17)22)45-34-32(42-6)26(38)23-25(37)31(41-5)29(46-30(23)33(34)43-7)18-8-12-19(39-3)13-9-18/h8-15,24,27,36,38H,1H2,2-7H3/t24-,27+/m0/s1. The van der Waals surface area contributed by atoms with Crippen molar-refractivity contribution in [3.63, 3.8) is 0 Å². The van der Waals surface area contributed by atoms with Crippen molar-refractivity contribution in [1.29, 1.82) is 0 Å². The zero-order chi connectivity index (χ0) is 33.3. The number of hydrogen-bond donors (Lipinski definition) is 2. The van der Waals surface area contributed by atoms with E-state index in [-0.39, 0.29) is 56.6 Å². The van der Waals surface area contributed by atoms with E-state index in [1.165, 1.54) is 41.6 Å². The van der Waals surface area contributed by atoms with Crippen molar-refractivity contribution >= 4 is 21.9 Å². The lowest BCUT2D eigenvalue weighted by molar-refractivity contribution is 0.0522. The van der Waals surface area contributed by atoms with Crippen molar-refractivity contribution in [2.45, 2.75) is 19.1 Å². The summed E-state index contributed by atoms with van der Waals surface area (Å²) in [6.45, 7) is 5.59. The molecule has 0 aliphatic carbocycles. The second-order valence-corrected chi connectivity index (χ2v) is 10.2. The first-order valence-corrected chi connectivity index (χ1v) is 13.9. The van der Waals surface area contributed by atoms with Crippen LogP contribution in [0, 0.1) is 0 Å². The summed E-state index contributed by atoms with van der Waals surface area (Å²) in [5.74, 6) is -0.587. The van der Waals surface area contributed by atoms with Crippen molar-refractivity contribution in [3.8, 4) is 51.6 Å². The molecule has 240 valence electrons. The van der Waals surface area contributed by atoms with E-state index in [0.717, 1.165) is 0 Å². The molecular formula is C34H32O12. The number of hydrogen-bond acceptors (Lipinski definition) is 12. The molecule has 0 fully saturated rings. The van der Waals surface area contributed by atoms with Crippen molar-refractivity contribution in [2.75, 3.05) is 35.5 Å². The molecule has 3 aromatic carbocycles. The first kappa shape index (κ1) is 31.8. The Morgan fingerprint density at radius 1 is 0.761 bits per heavy atom. The summed E-state index contributed by atoms with van der Waals surface area (Å²) in [6.07, 6.45) is -2.80. The number of phenols is 1. The molecule has 0 unspecified atom stereocenters. The summed E-state index contributed by atoms with van der Waals surface area (Å²) < 4.78 is 45.4. The van der Waals surface area contributed by atoms with Crippen LogP contribution in [-0.4, -0.2) is 51.9 Å². The molecule has 0 aliphatic heterocycles. The van der Waals surface area contributed by atoms with Gasteiger partial charge in [0.15, 0.2) is 17.1 Å². The number of rotatable bonds is 11. The summed E-state index contributed by atoms with van der Waals surface area (Å²) in [5, 5.41) is 23.4. The Morgan fingerprint density at radius 3 is 2.00 bits per heavy atom. The van der Waals surface area contributed by atoms with Gasteiger partial charge in [-0.25, -0.2) is 4.79 Å². The number of aromatic hydroxyl groups is 1. The zero-order valence-electron chi connectivity index (χ0n) is 26.0. The van der Waals surface area contributed by atoms with Crippen LogP contribution in [-0.2, 0) is 0 Å². The smallest absolute Gasteiger partial charge is 0.336 e. The highest BCUT2D eigenvalue weighted by Gasteiger charge is 2.35. The molecule has 0 radical (unpaired) electrons. The Labute approximate surface area is 262 Å². The van der Waals surface area contributed by atoms with Crippen LogP contribution in [0.15, 0.2) is 79.1 Å². The fourth-order valence-corrected chi connectivity index (χ4v) is 5.23. The average molecular weight is 633 g/mol. The van der Waals surface area contributed by atoms with E-state index in [9.17, 15) is 19.8 Å².